The van der Waals surface area contributed by atoms with Gasteiger partial charge in [0.25, 0.3) is 5.91 Å². The van der Waals surface area contributed by atoms with Crippen molar-refractivity contribution in [1.82, 2.24) is 21.3 Å². The predicted molar refractivity (Wildman–Crippen MR) is 146 cm³/mol. The number of carbonyl (C=O) groups excluding carboxylic acids is 2. The molecule has 3 fully saturated rings. The van der Waals surface area contributed by atoms with Crippen LogP contribution in [0.2, 0.25) is 0 Å². The van der Waals surface area contributed by atoms with E-state index in [2.05, 4.69) is 28.2 Å². The van der Waals surface area contributed by atoms with Crippen LogP contribution in [0.3, 0.4) is 0 Å². The Kier molecular flexibility index (Phi) is 6.60. The zero-order chi connectivity index (χ0) is 25.5. The first-order valence-corrected chi connectivity index (χ1v) is 14.0. The van der Waals surface area contributed by atoms with Gasteiger partial charge in [-0.1, -0.05) is 30.0 Å². The van der Waals surface area contributed by atoms with Gasteiger partial charge in [0.05, 0.1) is 16.3 Å². The molecule has 8 nitrogen and oxygen atoms in total. The summed E-state index contributed by atoms with van der Waals surface area (Å²) in [6.07, 6.45) is 2.65. The van der Waals surface area contributed by atoms with Crippen LogP contribution in [0, 0.1) is 12.8 Å². The van der Waals surface area contributed by atoms with E-state index in [4.69, 9.17) is 4.74 Å². The summed E-state index contributed by atoms with van der Waals surface area (Å²) in [6, 6.07) is 15.9. The van der Waals surface area contributed by atoms with E-state index in [0.717, 1.165) is 60.8 Å². The van der Waals surface area contributed by atoms with Gasteiger partial charge >= 0.3 is 6.03 Å². The van der Waals surface area contributed by atoms with Crippen molar-refractivity contribution in [3.05, 3.63) is 64.7 Å². The number of nitrogens with one attached hydrogen (secondary N) is 4. The van der Waals surface area contributed by atoms with Gasteiger partial charge < -0.3 is 26.0 Å². The molecule has 9 heteroatoms. The lowest BCUT2D eigenvalue weighted by atomic mass is 9.86. The number of urea groups is 1. The molecule has 3 amide bonds. The third-order valence-electron chi connectivity index (χ3n) is 7.71. The highest BCUT2D eigenvalue weighted by Gasteiger charge is 2.52. The fourth-order valence-corrected chi connectivity index (χ4v) is 7.40. The molecule has 0 bridgehead atoms. The van der Waals surface area contributed by atoms with Gasteiger partial charge in [-0.3, -0.25) is 9.69 Å². The molecule has 0 radical (unpaired) electrons. The summed E-state index contributed by atoms with van der Waals surface area (Å²) in [7, 11) is 0. The van der Waals surface area contributed by atoms with Crippen LogP contribution < -0.4 is 30.9 Å². The topological polar surface area (TPSA) is 94.7 Å². The minimum absolute atomic E-state index is 0.0219. The third-order valence-corrected chi connectivity index (χ3v) is 9.07. The Hall–Kier alpha value is -3.01. The van der Waals surface area contributed by atoms with Crippen LogP contribution in [0.5, 0.6) is 11.5 Å². The number of rotatable bonds is 5. The van der Waals surface area contributed by atoms with E-state index < -0.39 is 0 Å². The Morgan fingerprint density at radius 2 is 1.89 bits per heavy atom. The number of ether oxygens (including phenoxy) is 1. The Bertz CT molecular complexity index is 1240. The fraction of sp³-hybridized carbons (Fsp3) is 0.429. The summed E-state index contributed by atoms with van der Waals surface area (Å²) >= 11 is 1.56. The summed E-state index contributed by atoms with van der Waals surface area (Å²) in [5, 5.41) is 13.4. The molecule has 194 valence electrons. The minimum Gasteiger partial charge on any atom is -0.457 e. The number of anilines is 1. The standard InChI is InChI=1S/C28H33N5O3S/c1-16-14-20(36-19-6-4-3-5-7-19)8-9-21(16)33-22-11-13-30-27-23(22)24(32-28(33)35)25(37-27)26(34)31-18-10-12-29-17(2)15-18/h3-9,14,17-18,22-23,27,29-30H,10-13,15H2,1-2H3,(H,31,34)(H,32,35). The molecule has 0 aliphatic carbocycles. The summed E-state index contributed by atoms with van der Waals surface area (Å²) in [5.41, 5.74) is 2.61. The number of piperidine rings is 2. The lowest BCUT2D eigenvalue weighted by molar-refractivity contribution is -0.117. The van der Waals surface area contributed by atoms with Crippen molar-refractivity contribution >= 4 is 29.4 Å². The fourth-order valence-electron chi connectivity index (χ4n) is 6.00. The number of hydrogen-bond donors (Lipinski definition) is 4. The smallest absolute Gasteiger partial charge is 0.326 e. The van der Waals surface area contributed by atoms with Crippen LogP contribution >= 0.6 is 11.8 Å². The maximum absolute atomic E-state index is 13.5. The van der Waals surface area contributed by atoms with Gasteiger partial charge in [0, 0.05) is 29.4 Å². The number of benzene rings is 2. The number of aryl methyl sites for hydroxylation is 1. The van der Waals surface area contributed by atoms with Crippen molar-refractivity contribution in [2.45, 2.75) is 56.6 Å². The van der Waals surface area contributed by atoms with Crippen LogP contribution in [0.15, 0.2) is 59.1 Å². The predicted octanol–water partition coefficient (Wildman–Crippen LogP) is 3.84. The molecule has 4 N–H and O–H groups in total. The highest BCUT2D eigenvalue weighted by atomic mass is 32.2. The molecule has 2 aromatic carbocycles. The lowest BCUT2D eigenvalue weighted by Crippen LogP contribution is -2.62. The van der Waals surface area contributed by atoms with E-state index >= 15 is 0 Å². The number of amides is 3. The van der Waals surface area contributed by atoms with E-state index in [1.807, 2.05) is 60.4 Å². The maximum atomic E-state index is 13.5. The molecular weight excluding hydrogens is 486 g/mol. The molecular formula is C28H33N5O3S. The van der Waals surface area contributed by atoms with E-state index in [0.29, 0.717) is 10.9 Å². The van der Waals surface area contributed by atoms with E-state index in [1.165, 1.54) is 0 Å². The number of carbonyl (C=O) groups is 2. The molecule has 4 heterocycles. The van der Waals surface area contributed by atoms with E-state index in [1.54, 1.807) is 11.8 Å². The largest absolute Gasteiger partial charge is 0.457 e. The molecule has 0 aromatic heterocycles. The quantitative estimate of drug-likeness (QED) is 0.480. The summed E-state index contributed by atoms with van der Waals surface area (Å²) < 4.78 is 6.00. The van der Waals surface area contributed by atoms with Crippen molar-refractivity contribution in [1.29, 1.82) is 0 Å². The molecule has 0 spiro atoms. The van der Waals surface area contributed by atoms with Gasteiger partial charge in [0.2, 0.25) is 0 Å². The Labute approximate surface area is 221 Å². The average molecular weight is 520 g/mol. The zero-order valence-electron chi connectivity index (χ0n) is 21.1. The summed E-state index contributed by atoms with van der Waals surface area (Å²) in [4.78, 5) is 29.4. The average Bonchev–Trinajstić information content (AvgIpc) is 3.25. The molecule has 0 saturated carbocycles. The molecule has 6 rings (SSSR count). The number of nitrogens with zero attached hydrogens (tertiary/aromatic N) is 1. The third kappa shape index (κ3) is 4.71. The van der Waals surface area contributed by atoms with Gasteiger partial charge in [-0.25, -0.2) is 4.79 Å². The number of para-hydroxylation sites is 1. The minimum atomic E-state index is -0.181. The van der Waals surface area contributed by atoms with Crippen molar-refractivity contribution in [2.75, 3.05) is 18.0 Å². The summed E-state index contributed by atoms with van der Waals surface area (Å²) in [6.45, 7) is 5.85. The maximum Gasteiger partial charge on any atom is 0.326 e. The highest BCUT2D eigenvalue weighted by Crippen LogP contribution is 2.48. The zero-order valence-corrected chi connectivity index (χ0v) is 21.9. The van der Waals surface area contributed by atoms with Crippen LogP contribution in [0.4, 0.5) is 10.5 Å². The van der Waals surface area contributed by atoms with Crippen LogP contribution in [0.1, 0.15) is 31.7 Å². The highest BCUT2D eigenvalue weighted by molar-refractivity contribution is 8.04. The molecule has 4 aliphatic rings. The molecule has 4 aliphatic heterocycles. The van der Waals surface area contributed by atoms with Crippen LogP contribution in [-0.4, -0.2) is 48.5 Å². The van der Waals surface area contributed by atoms with E-state index in [-0.39, 0.29) is 35.3 Å². The Morgan fingerprint density at radius 1 is 1.08 bits per heavy atom. The van der Waals surface area contributed by atoms with Crippen molar-refractivity contribution in [3.8, 4) is 11.5 Å². The van der Waals surface area contributed by atoms with Gasteiger partial charge in [-0.05, 0) is 82.1 Å². The van der Waals surface area contributed by atoms with Crippen molar-refractivity contribution in [2.24, 2.45) is 5.92 Å². The van der Waals surface area contributed by atoms with Crippen molar-refractivity contribution < 1.29 is 14.3 Å². The monoisotopic (exact) mass is 519 g/mol. The van der Waals surface area contributed by atoms with Crippen LogP contribution in [0.25, 0.3) is 0 Å². The molecule has 2 aromatic rings. The molecule has 5 unspecified atom stereocenters. The second-order valence-electron chi connectivity index (χ2n) is 10.3. The first kappa shape index (κ1) is 24.3. The van der Waals surface area contributed by atoms with Gasteiger partial charge in [-0.2, -0.15) is 0 Å². The second-order valence-corrected chi connectivity index (χ2v) is 11.5. The lowest BCUT2D eigenvalue weighted by Gasteiger charge is -2.46. The number of hydrogen-bond acceptors (Lipinski definition) is 6. The van der Waals surface area contributed by atoms with E-state index in [9.17, 15) is 9.59 Å². The summed E-state index contributed by atoms with van der Waals surface area (Å²) in [5.74, 6) is 1.47. The molecule has 37 heavy (non-hydrogen) atoms. The van der Waals surface area contributed by atoms with Crippen LogP contribution in [-0.2, 0) is 4.79 Å². The second kappa shape index (κ2) is 10.0. The first-order valence-electron chi connectivity index (χ1n) is 13.1. The van der Waals surface area contributed by atoms with Crippen molar-refractivity contribution in [3.63, 3.8) is 0 Å². The normalized spacial score (nSPS) is 29.0. The van der Waals surface area contributed by atoms with Gasteiger partial charge in [0.1, 0.15) is 11.5 Å². The number of thioether (sulfide) groups is 1. The van der Waals surface area contributed by atoms with Gasteiger partial charge in [0.15, 0.2) is 0 Å². The Balaban J connectivity index is 1.24. The van der Waals surface area contributed by atoms with Gasteiger partial charge in [-0.15, -0.1) is 0 Å². The molecule has 5 atom stereocenters. The Morgan fingerprint density at radius 3 is 2.68 bits per heavy atom. The SMILES string of the molecule is Cc1cc(Oc2ccccc2)ccc1N1C(=O)NC2=C(C(=O)NC3CCNC(C)C3)SC3NCCC1C23. The molecule has 3 saturated heterocycles. The first-order chi connectivity index (χ1) is 18.0.